The van der Waals surface area contributed by atoms with Crippen LogP contribution in [0.25, 0.3) is 0 Å². The molecular weight excluding hydrogens is 295 g/mol. The van der Waals surface area contributed by atoms with E-state index < -0.39 is 11.7 Å². The Kier molecular flexibility index (Phi) is 5.63. The molecule has 0 aliphatic heterocycles. The number of rotatable bonds is 5. The van der Waals surface area contributed by atoms with Crippen LogP contribution >= 0.6 is 0 Å². The highest BCUT2D eigenvalue weighted by atomic mass is 19.1. The highest BCUT2D eigenvalue weighted by Crippen LogP contribution is 2.33. The molecule has 0 heterocycles. The molecule has 0 aromatic heterocycles. The van der Waals surface area contributed by atoms with E-state index in [0.717, 1.165) is 30.4 Å². The van der Waals surface area contributed by atoms with E-state index in [9.17, 15) is 9.18 Å². The second-order valence-electron chi connectivity index (χ2n) is 7.05. The van der Waals surface area contributed by atoms with E-state index in [-0.39, 0.29) is 17.9 Å². The summed E-state index contributed by atoms with van der Waals surface area (Å²) in [5.41, 5.74) is 1.36. The highest BCUT2D eigenvalue weighted by molar-refractivity contribution is 5.67. The van der Waals surface area contributed by atoms with Crippen LogP contribution in [0.5, 0.6) is 0 Å². The van der Waals surface area contributed by atoms with Crippen LogP contribution in [0.3, 0.4) is 0 Å². The van der Waals surface area contributed by atoms with Crippen LogP contribution in [-0.2, 0) is 11.2 Å². The van der Waals surface area contributed by atoms with Crippen molar-refractivity contribution in [2.75, 3.05) is 6.54 Å². The van der Waals surface area contributed by atoms with Crippen molar-refractivity contribution in [2.45, 2.75) is 64.6 Å². The van der Waals surface area contributed by atoms with Crippen LogP contribution in [0.2, 0.25) is 0 Å². The lowest BCUT2D eigenvalue weighted by atomic mass is 10.1. The number of halogens is 1. The van der Waals surface area contributed by atoms with Gasteiger partial charge in [-0.1, -0.05) is 19.1 Å². The van der Waals surface area contributed by atoms with Gasteiger partial charge in [0.15, 0.2) is 0 Å². The average Bonchev–Trinajstić information content (AvgIpc) is 2.86. The summed E-state index contributed by atoms with van der Waals surface area (Å²) in [7, 11) is 0. The van der Waals surface area contributed by atoms with Crippen LogP contribution in [0, 0.1) is 5.82 Å². The molecule has 0 fully saturated rings. The van der Waals surface area contributed by atoms with Crippen molar-refractivity contribution >= 4 is 6.09 Å². The zero-order valence-electron chi connectivity index (χ0n) is 14.4. The molecule has 0 bridgehead atoms. The zero-order chi connectivity index (χ0) is 17.0. The summed E-state index contributed by atoms with van der Waals surface area (Å²) in [6.45, 7) is 8.08. The monoisotopic (exact) mass is 322 g/mol. The van der Waals surface area contributed by atoms with Gasteiger partial charge in [-0.3, -0.25) is 0 Å². The Hall–Kier alpha value is -1.62. The summed E-state index contributed by atoms with van der Waals surface area (Å²) < 4.78 is 19.0. The molecule has 1 aliphatic rings. The third kappa shape index (κ3) is 4.93. The Labute approximate surface area is 137 Å². The molecule has 2 N–H and O–H groups in total. The number of hydrogen-bond donors (Lipinski definition) is 2. The summed E-state index contributed by atoms with van der Waals surface area (Å²) >= 11 is 0. The maximum atomic E-state index is 13.8. The zero-order valence-corrected chi connectivity index (χ0v) is 14.4. The smallest absolute Gasteiger partial charge is 0.407 e. The van der Waals surface area contributed by atoms with Gasteiger partial charge < -0.3 is 15.4 Å². The van der Waals surface area contributed by atoms with Gasteiger partial charge in [-0.15, -0.1) is 0 Å². The summed E-state index contributed by atoms with van der Waals surface area (Å²) in [4.78, 5) is 11.7. The molecule has 1 aromatic carbocycles. The van der Waals surface area contributed by atoms with Crippen LogP contribution in [0.1, 0.15) is 57.7 Å². The highest BCUT2D eigenvalue weighted by Gasteiger charge is 2.26. The number of hydrogen-bond acceptors (Lipinski definition) is 3. The normalized spacial score (nSPS) is 18.4. The van der Waals surface area contributed by atoms with E-state index in [4.69, 9.17) is 4.74 Å². The van der Waals surface area contributed by atoms with Gasteiger partial charge in [0.1, 0.15) is 11.4 Å². The van der Waals surface area contributed by atoms with Gasteiger partial charge in [0.05, 0.1) is 0 Å². The van der Waals surface area contributed by atoms with Crippen molar-refractivity contribution in [2.24, 2.45) is 0 Å². The van der Waals surface area contributed by atoms with Gasteiger partial charge in [0.2, 0.25) is 0 Å². The Morgan fingerprint density at radius 2 is 2.17 bits per heavy atom. The topological polar surface area (TPSA) is 50.4 Å². The molecule has 128 valence electrons. The predicted octanol–water partition coefficient (Wildman–Crippen LogP) is 3.71. The number of nitrogens with one attached hydrogen (secondary N) is 2. The van der Waals surface area contributed by atoms with Gasteiger partial charge in [0, 0.05) is 18.6 Å². The average molecular weight is 322 g/mol. The Morgan fingerprint density at radius 3 is 2.83 bits per heavy atom. The summed E-state index contributed by atoms with van der Waals surface area (Å²) in [5, 5.41) is 6.33. The molecule has 23 heavy (non-hydrogen) atoms. The van der Waals surface area contributed by atoms with E-state index in [1.54, 1.807) is 6.07 Å². The van der Waals surface area contributed by atoms with Gasteiger partial charge >= 0.3 is 6.09 Å². The largest absolute Gasteiger partial charge is 0.444 e. The maximum Gasteiger partial charge on any atom is 0.407 e. The quantitative estimate of drug-likeness (QED) is 0.869. The van der Waals surface area contributed by atoms with Crippen LogP contribution in [0.4, 0.5) is 9.18 Å². The second kappa shape index (κ2) is 7.30. The summed E-state index contributed by atoms with van der Waals surface area (Å²) in [5.74, 6) is -0.119. The molecule has 1 aromatic rings. The maximum absolute atomic E-state index is 13.8. The molecule has 1 amide bonds. The van der Waals surface area contributed by atoms with Gasteiger partial charge in [0.25, 0.3) is 0 Å². The lowest BCUT2D eigenvalue weighted by Gasteiger charge is -2.24. The molecule has 1 aliphatic carbocycles. The minimum absolute atomic E-state index is 0.119. The molecular formula is C18H27FN2O2. The Bertz CT molecular complexity index is 554. The van der Waals surface area contributed by atoms with Crippen molar-refractivity contribution in [1.82, 2.24) is 10.6 Å². The van der Waals surface area contributed by atoms with E-state index >= 15 is 0 Å². The van der Waals surface area contributed by atoms with E-state index in [0.29, 0.717) is 6.54 Å². The predicted molar refractivity (Wildman–Crippen MR) is 88.9 cm³/mol. The number of carbonyl (C=O) groups is 1. The van der Waals surface area contributed by atoms with Crippen LogP contribution < -0.4 is 10.6 Å². The lowest BCUT2D eigenvalue weighted by Crippen LogP contribution is -2.43. The molecule has 4 nitrogen and oxygen atoms in total. The fourth-order valence-electron chi connectivity index (χ4n) is 2.91. The van der Waals surface area contributed by atoms with Crippen molar-refractivity contribution < 1.29 is 13.9 Å². The van der Waals surface area contributed by atoms with Crippen molar-refractivity contribution in [3.63, 3.8) is 0 Å². The molecule has 0 saturated heterocycles. The fourth-order valence-corrected chi connectivity index (χ4v) is 2.91. The first kappa shape index (κ1) is 17.7. The molecule has 0 saturated carbocycles. The van der Waals surface area contributed by atoms with E-state index in [2.05, 4.69) is 17.6 Å². The number of carbonyl (C=O) groups excluding carboxylic acids is 1. The fraction of sp³-hybridized carbons (Fsp3) is 0.611. The van der Waals surface area contributed by atoms with Crippen molar-refractivity contribution in [3.05, 3.63) is 35.1 Å². The summed E-state index contributed by atoms with van der Waals surface area (Å²) in [6, 6.07) is 5.53. The van der Waals surface area contributed by atoms with Gasteiger partial charge in [-0.05, 0) is 57.2 Å². The number of ether oxygens (including phenoxy) is 1. The Morgan fingerprint density at radius 1 is 1.43 bits per heavy atom. The number of fused-ring (bicyclic) bond motifs is 1. The lowest BCUT2D eigenvalue weighted by molar-refractivity contribution is 0.0521. The number of benzene rings is 1. The number of alkyl carbamates (subject to hydrolysis) is 1. The van der Waals surface area contributed by atoms with Gasteiger partial charge in [-0.25, -0.2) is 9.18 Å². The molecule has 2 atom stereocenters. The standard InChI is InChI=1S/C18H27FN2O2/c1-5-12(11-20-17(22)23-18(2,3)4)21-16-10-9-13-14(16)7-6-8-15(13)19/h6-8,12,16,21H,5,9-11H2,1-4H3,(H,20,22). The first-order chi connectivity index (χ1) is 10.8. The number of amides is 1. The van der Waals surface area contributed by atoms with Crippen molar-refractivity contribution in [3.8, 4) is 0 Å². The van der Waals surface area contributed by atoms with Crippen LogP contribution in [-0.4, -0.2) is 24.3 Å². The Balaban J connectivity index is 1.89. The van der Waals surface area contributed by atoms with Crippen molar-refractivity contribution in [1.29, 1.82) is 0 Å². The summed E-state index contributed by atoms with van der Waals surface area (Å²) in [6.07, 6.45) is 2.11. The van der Waals surface area contributed by atoms with E-state index in [1.165, 1.54) is 6.07 Å². The molecule has 0 spiro atoms. The van der Waals surface area contributed by atoms with Gasteiger partial charge in [-0.2, -0.15) is 0 Å². The molecule has 5 heteroatoms. The van der Waals surface area contributed by atoms with E-state index in [1.807, 2.05) is 26.8 Å². The molecule has 2 rings (SSSR count). The minimum Gasteiger partial charge on any atom is -0.444 e. The third-order valence-electron chi connectivity index (χ3n) is 4.03. The first-order valence-corrected chi connectivity index (χ1v) is 8.30. The molecule has 2 unspecified atom stereocenters. The van der Waals surface area contributed by atoms with Crippen LogP contribution in [0.15, 0.2) is 18.2 Å². The molecule has 0 radical (unpaired) electrons. The third-order valence-corrected chi connectivity index (χ3v) is 4.03. The SMILES string of the molecule is CCC(CNC(=O)OC(C)(C)C)NC1CCc2c(F)cccc21. The minimum atomic E-state index is -0.499. The second-order valence-corrected chi connectivity index (χ2v) is 7.05. The first-order valence-electron chi connectivity index (χ1n) is 8.30.